The van der Waals surface area contributed by atoms with Gasteiger partial charge in [0.25, 0.3) is 0 Å². The van der Waals surface area contributed by atoms with Crippen LogP contribution in [0.3, 0.4) is 0 Å². The van der Waals surface area contributed by atoms with Crippen molar-refractivity contribution in [2.75, 3.05) is 12.4 Å². The maximum absolute atomic E-state index is 5.22. The number of ether oxygens (including phenoxy) is 1. The molecule has 0 radical (unpaired) electrons. The Bertz CT molecular complexity index is 768. The van der Waals surface area contributed by atoms with E-state index in [1.165, 1.54) is 5.39 Å². The highest BCUT2D eigenvalue weighted by Crippen LogP contribution is 2.21. The van der Waals surface area contributed by atoms with E-state index >= 15 is 0 Å². The van der Waals surface area contributed by atoms with Crippen LogP contribution in [0.25, 0.3) is 10.9 Å². The van der Waals surface area contributed by atoms with Crippen LogP contribution in [0.2, 0.25) is 0 Å². The minimum Gasteiger partial charge on any atom is -0.497 e. The van der Waals surface area contributed by atoms with E-state index < -0.39 is 0 Å². The molecule has 0 amide bonds. The van der Waals surface area contributed by atoms with Crippen molar-refractivity contribution in [3.05, 3.63) is 65.9 Å². The third kappa shape index (κ3) is 2.97. The summed E-state index contributed by atoms with van der Waals surface area (Å²) in [5, 5.41) is 4.60. The Morgan fingerprint density at radius 2 is 1.90 bits per heavy atom. The van der Waals surface area contributed by atoms with Gasteiger partial charge in [0.1, 0.15) is 5.75 Å². The second-order valence-electron chi connectivity index (χ2n) is 5.03. The Morgan fingerprint density at radius 3 is 2.71 bits per heavy atom. The molecule has 3 aromatic rings. The minimum atomic E-state index is 0.706. The van der Waals surface area contributed by atoms with Gasteiger partial charge in [0.2, 0.25) is 0 Å². The molecule has 0 unspecified atom stereocenters. The van der Waals surface area contributed by atoms with E-state index in [0.717, 1.165) is 28.2 Å². The van der Waals surface area contributed by atoms with Crippen LogP contribution in [0.1, 0.15) is 11.3 Å². The lowest BCUT2D eigenvalue weighted by atomic mass is 10.1. The van der Waals surface area contributed by atoms with E-state index in [2.05, 4.69) is 35.4 Å². The van der Waals surface area contributed by atoms with Gasteiger partial charge >= 0.3 is 0 Å². The Hall–Kier alpha value is -2.55. The SMILES string of the molecule is COc1ccc(NCc2ccc3ccccc3n2)c(C)c1. The van der Waals surface area contributed by atoms with Crippen molar-refractivity contribution in [2.24, 2.45) is 0 Å². The number of aryl methyl sites for hydroxylation is 1. The zero-order chi connectivity index (χ0) is 14.7. The number of methoxy groups -OCH3 is 1. The molecule has 21 heavy (non-hydrogen) atoms. The summed E-state index contributed by atoms with van der Waals surface area (Å²) in [6, 6.07) is 18.4. The van der Waals surface area contributed by atoms with Crippen molar-refractivity contribution < 1.29 is 4.74 Å². The first-order valence-corrected chi connectivity index (χ1v) is 6.99. The molecule has 0 saturated carbocycles. The largest absolute Gasteiger partial charge is 0.497 e. The summed E-state index contributed by atoms with van der Waals surface area (Å²) in [7, 11) is 1.68. The van der Waals surface area contributed by atoms with Crippen LogP contribution in [0.5, 0.6) is 5.75 Å². The number of rotatable bonds is 4. The Balaban J connectivity index is 1.77. The van der Waals surface area contributed by atoms with Gasteiger partial charge in [0.05, 0.1) is 24.9 Å². The van der Waals surface area contributed by atoms with Crippen molar-refractivity contribution in [3.8, 4) is 5.75 Å². The van der Waals surface area contributed by atoms with Crippen molar-refractivity contribution in [2.45, 2.75) is 13.5 Å². The summed E-state index contributed by atoms with van der Waals surface area (Å²) in [6.07, 6.45) is 0. The number of aromatic nitrogens is 1. The van der Waals surface area contributed by atoms with Gasteiger partial charge in [-0.15, -0.1) is 0 Å². The fraction of sp³-hybridized carbons (Fsp3) is 0.167. The number of nitrogens with one attached hydrogen (secondary N) is 1. The van der Waals surface area contributed by atoms with Crippen LogP contribution < -0.4 is 10.1 Å². The lowest BCUT2D eigenvalue weighted by Gasteiger charge is -2.11. The molecule has 1 aromatic heterocycles. The van der Waals surface area contributed by atoms with E-state index in [-0.39, 0.29) is 0 Å². The van der Waals surface area contributed by atoms with E-state index in [9.17, 15) is 0 Å². The van der Waals surface area contributed by atoms with E-state index in [4.69, 9.17) is 4.74 Å². The Labute approximate surface area is 124 Å². The number of hydrogen-bond donors (Lipinski definition) is 1. The fourth-order valence-corrected chi connectivity index (χ4v) is 2.35. The van der Waals surface area contributed by atoms with Crippen LogP contribution >= 0.6 is 0 Å². The third-order valence-electron chi connectivity index (χ3n) is 3.55. The van der Waals surface area contributed by atoms with Gasteiger partial charge in [-0.2, -0.15) is 0 Å². The van der Waals surface area contributed by atoms with Gasteiger partial charge in [-0.25, -0.2) is 0 Å². The van der Waals surface area contributed by atoms with Gasteiger partial charge in [-0.1, -0.05) is 24.3 Å². The van der Waals surface area contributed by atoms with Crippen LogP contribution in [-0.2, 0) is 6.54 Å². The quantitative estimate of drug-likeness (QED) is 0.778. The average Bonchev–Trinajstić information content (AvgIpc) is 2.53. The minimum absolute atomic E-state index is 0.706. The van der Waals surface area contributed by atoms with Crippen LogP contribution in [0.4, 0.5) is 5.69 Å². The lowest BCUT2D eigenvalue weighted by molar-refractivity contribution is 0.414. The van der Waals surface area contributed by atoms with Crippen molar-refractivity contribution in [3.63, 3.8) is 0 Å². The van der Waals surface area contributed by atoms with Gasteiger partial charge in [-0.05, 0) is 42.8 Å². The first-order chi connectivity index (χ1) is 10.3. The second-order valence-corrected chi connectivity index (χ2v) is 5.03. The lowest BCUT2D eigenvalue weighted by Crippen LogP contribution is -2.03. The molecule has 0 aliphatic heterocycles. The number of nitrogens with zero attached hydrogens (tertiary/aromatic N) is 1. The molecule has 0 bridgehead atoms. The standard InChI is InChI=1S/C18H18N2O/c1-13-11-16(21-2)9-10-17(13)19-12-15-8-7-14-5-3-4-6-18(14)20-15/h3-11,19H,12H2,1-2H3. The molecule has 0 spiro atoms. The highest BCUT2D eigenvalue weighted by atomic mass is 16.5. The molecule has 106 valence electrons. The van der Waals surface area contributed by atoms with Crippen molar-refractivity contribution in [1.29, 1.82) is 0 Å². The molecule has 3 rings (SSSR count). The number of anilines is 1. The number of para-hydroxylation sites is 1. The molecule has 2 aromatic carbocycles. The second kappa shape index (κ2) is 5.83. The maximum Gasteiger partial charge on any atom is 0.119 e. The summed E-state index contributed by atoms with van der Waals surface area (Å²) >= 11 is 0. The van der Waals surface area contributed by atoms with Crippen LogP contribution in [0, 0.1) is 6.92 Å². The van der Waals surface area contributed by atoms with Crippen LogP contribution in [0.15, 0.2) is 54.6 Å². The average molecular weight is 278 g/mol. The molecule has 0 atom stereocenters. The number of benzene rings is 2. The molecule has 3 nitrogen and oxygen atoms in total. The summed E-state index contributed by atoms with van der Waals surface area (Å²) in [4.78, 5) is 4.67. The molecule has 0 aliphatic carbocycles. The van der Waals surface area contributed by atoms with Gasteiger partial charge in [0.15, 0.2) is 0 Å². The molecule has 0 fully saturated rings. The van der Waals surface area contributed by atoms with Crippen LogP contribution in [-0.4, -0.2) is 12.1 Å². The van der Waals surface area contributed by atoms with Crippen molar-refractivity contribution in [1.82, 2.24) is 4.98 Å². The Kier molecular flexibility index (Phi) is 3.73. The normalized spacial score (nSPS) is 10.6. The summed E-state index contributed by atoms with van der Waals surface area (Å²) < 4.78 is 5.22. The number of fused-ring (bicyclic) bond motifs is 1. The molecule has 1 N–H and O–H groups in total. The van der Waals surface area contributed by atoms with E-state index in [1.54, 1.807) is 7.11 Å². The summed E-state index contributed by atoms with van der Waals surface area (Å²) in [5.41, 5.74) is 4.33. The summed E-state index contributed by atoms with van der Waals surface area (Å²) in [5.74, 6) is 0.877. The molecular formula is C18H18N2O. The predicted octanol–water partition coefficient (Wildman–Crippen LogP) is 4.16. The van der Waals surface area contributed by atoms with E-state index in [1.807, 2.05) is 36.4 Å². The molecule has 0 aliphatic rings. The van der Waals surface area contributed by atoms with Gasteiger partial charge in [-0.3, -0.25) is 4.98 Å². The monoisotopic (exact) mass is 278 g/mol. The highest BCUT2D eigenvalue weighted by molar-refractivity contribution is 5.78. The fourth-order valence-electron chi connectivity index (χ4n) is 2.35. The van der Waals surface area contributed by atoms with Gasteiger partial charge < -0.3 is 10.1 Å². The predicted molar refractivity (Wildman–Crippen MR) is 86.8 cm³/mol. The first-order valence-electron chi connectivity index (χ1n) is 6.99. The first kappa shape index (κ1) is 13.4. The molecule has 3 heteroatoms. The summed E-state index contributed by atoms with van der Waals surface area (Å²) in [6.45, 7) is 2.77. The molecule has 1 heterocycles. The number of hydrogen-bond acceptors (Lipinski definition) is 3. The third-order valence-corrected chi connectivity index (χ3v) is 3.55. The van der Waals surface area contributed by atoms with Crippen molar-refractivity contribution >= 4 is 16.6 Å². The smallest absolute Gasteiger partial charge is 0.119 e. The molecular weight excluding hydrogens is 260 g/mol. The molecule has 0 saturated heterocycles. The highest BCUT2D eigenvalue weighted by Gasteiger charge is 2.02. The zero-order valence-electron chi connectivity index (χ0n) is 12.3. The Morgan fingerprint density at radius 1 is 1.05 bits per heavy atom. The van der Waals surface area contributed by atoms with E-state index in [0.29, 0.717) is 6.54 Å². The zero-order valence-corrected chi connectivity index (χ0v) is 12.3. The maximum atomic E-state index is 5.22. The van der Waals surface area contributed by atoms with Gasteiger partial charge in [0, 0.05) is 11.1 Å². The topological polar surface area (TPSA) is 34.1 Å². The number of pyridine rings is 1.